The molecule has 0 fully saturated rings. The third kappa shape index (κ3) is 4.22. The summed E-state index contributed by atoms with van der Waals surface area (Å²) in [6.45, 7) is 0.406. The van der Waals surface area contributed by atoms with Gasteiger partial charge < -0.3 is 9.29 Å². The number of rotatable bonds is 6. The Morgan fingerprint density at radius 1 is 1.00 bits per heavy atom. The van der Waals surface area contributed by atoms with Crippen LogP contribution in [0.4, 0.5) is 0 Å². The molecule has 0 aromatic heterocycles. The van der Waals surface area contributed by atoms with Gasteiger partial charge in [-0.3, -0.25) is 0 Å². The van der Waals surface area contributed by atoms with Gasteiger partial charge in [-0.25, -0.2) is 8.42 Å². The standard InChI is InChI=1S/C14H16O4S/c15-19(16,17)11-4-3-10-18-14-9-5-7-12-6-1-2-8-13(12)14/h1-2,5-9H,3-4,10-11H2,(H,15,16,17)/p-1. The van der Waals surface area contributed by atoms with Crippen LogP contribution in [0.25, 0.3) is 10.8 Å². The average molecular weight is 279 g/mol. The number of hydrogen-bond donors (Lipinski definition) is 0. The molecule has 0 bridgehead atoms. The second-order valence-corrected chi connectivity index (χ2v) is 5.82. The highest BCUT2D eigenvalue weighted by atomic mass is 32.2. The van der Waals surface area contributed by atoms with Gasteiger partial charge in [0.15, 0.2) is 0 Å². The maximum atomic E-state index is 10.4. The van der Waals surface area contributed by atoms with E-state index >= 15 is 0 Å². The Labute approximate surface area is 112 Å². The molecule has 0 aliphatic carbocycles. The second-order valence-electron chi connectivity index (χ2n) is 4.29. The van der Waals surface area contributed by atoms with Crippen molar-refractivity contribution in [3.05, 3.63) is 42.5 Å². The van der Waals surface area contributed by atoms with Gasteiger partial charge in [-0.1, -0.05) is 36.4 Å². The first-order valence-corrected chi connectivity index (χ1v) is 7.68. The normalized spacial score (nSPS) is 11.6. The Hall–Kier alpha value is -1.59. The molecule has 2 aromatic carbocycles. The first-order chi connectivity index (χ1) is 9.06. The topological polar surface area (TPSA) is 66.4 Å². The fourth-order valence-electron chi connectivity index (χ4n) is 1.88. The summed E-state index contributed by atoms with van der Waals surface area (Å²) in [5.74, 6) is 0.453. The van der Waals surface area contributed by atoms with E-state index in [9.17, 15) is 13.0 Å². The summed E-state index contributed by atoms with van der Waals surface area (Å²) in [6, 6.07) is 13.7. The molecule has 0 aliphatic heterocycles. The summed E-state index contributed by atoms with van der Waals surface area (Å²) in [5.41, 5.74) is 0. The van der Waals surface area contributed by atoms with Crippen LogP contribution in [0.15, 0.2) is 42.5 Å². The van der Waals surface area contributed by atoms with Gasteiger partial charge in [0.2, 0.25) is 0 Å². The summed E-state index contributed by atoms with van der Waals surface area (Å²) < 4.78 is 37.0. The molecule has 0 heterocycles. The van der Waals surface area contributed by atoms with E-state index in [-0.39, 0.29) is 5.75 Å². The van der Waals surface area contributed by atoms with Crippen LogP contribution in [0.1, 0.15) is 12.8 Å². The number of ether oxygens (including phenoxy) is 1. The summed E-state index contributed by atoms with van der Waals surface area (Å²) in [7, 11) is -4.11. The van der Waals surface area contributed by atoms with Gasteiger partial charge in [0.05, 0.1) is 16.7 Å². The van der Waals surface area contributed by atoms with Crippen LogP contribution in [0.5, 0.6) is 5.75 Å². The zero-order valence-electron chi connectivity index (χ0n) is 10.4. The quantitative estimate of drug-likeness (QED) is 0.602. The summed E-state index contributed by atoms with van der Waals surface area (Å²) in [6.07, 6.45) is 0.876. The van der Waals surface area contributed by atoms with Crippen LogP contribution < -0.4 is 4.74 Å². The van der Waals surface area contributed by atoms with Crippen molar-refractivity contribution in [3.8, 4) is 5.75 Å². The zero-order chi connectivity index (χ0) is 13.7. The van der Waals surface area contributed by atoms with E-state index in [2.05, 4.69) is 0 Å². The number of fused-ring (bicyclic) bond motifs is 1. The van der Waals surface area contributed by atoms with E-state index in [1.807, 2.05) is 42.5 Å². The van der Waals surface area contributed by atoms with Crippen LogP contribution >= 0.6 is 0 Å². The Morgan fingerprint density at radius 2 is 1.74 bits per heavy atom. The minimum absolute atomic E-state index is 0.327. The lowest BCUT2D eigenvalue weighted by molar-refractivity contribution is 0.312. The summed E-state index contributed by atoms with van der Waals surface area (Å²) in [4.78, 5) is 0. The molecule has 19 heavy (non-hydrogen) atoms. The van der Waals surface area contributed by atoms with E-state index in [0.29, 0.717) is 19.4 Å². The lowest BCUT2D eigenvalue weighted by atomic mass is 10.1. The van der Waals surface area contributed by atoms with Gasteiger partial charge in [0, 0.05) is 11.1 Å². The Morgan fingerprint density at radius 3 is 2.53 bits per heavy atom. The van der Waals surface area contributed by atoms with Gasteiger partial charge >= 0.3 is 0 Å². The van der Waals surface area contributed by atoms with Gasteiger partial charge in [-0.15, -0.1) is 0 Å². The number of benzene rings is 2. The molecular weight excluding hydrogens is 264 g/mol. The summed E-state index contributed by atoms with van der Waals surface area (Å²) >= 11 is 0. The molecule has 0 aliphatic rings. The van der Waals surface area contributed by atoms with Crippen LogP contribution in [0.2, 0.25) is 0 Å². The van der Waals surface area contributed by atoms with Crippen molar-refractivity contribution in [1.29, 1.82) is 0 Å². The fourth-order valence-corrected chi connectivity index (χ4v) is 2.44. The molecule has 0 atom stereocenters. The molecule has 0 radical (unpaired) electrons. The lowest BCUT2D eigenvalue weighted by Gasteiger charge is -2.10. The average Bonchev–Trinajstić information content (AvgIpc) is 2.37. The van der Waals surface area contributed by atoms with Crippen molar-refractivity contribution in [1.82, 2.24) is 0 Å². The maximum absolute atomic E-state index is 10.4. The largest absolute Gasteiger partial charge is 0.748 e. The van der Waals surface area contributed by atoms with Crippen molar-refractivity contribution in [2.45, 2.75) is 12.8 Å². The van der Waals surface area contributed by atoms with Crippen molar-refractivity contribution in [2.75, 3.05) is 12.4 Å². The molecule has 102 valence electrons. The second kappa shape index (κ2) is 6.04. The van der Waals surface area contributed by atoms with Crippen molar-refractivity contribution >= 4 is 20.9 Å². The third-order valence-electron chi connectivity index (χ3n) is 2.80. The lowest BCUT2D eigenvalue weighted by Crippen LogP contribution is -2.06. The Balaban J connectivity index is 1.92. The smallest absolute Gasteiger partial charge is 0.127 e. The molecule has 5 heteroatoms. The number of unbranched alkanes of at least 4 members (excludes halogenated alkanes) is 1. The highest BCUT2D eigenvalue weighted by molar-refractivity contribution is 7.85. The van der Waals surface area contributed by atoms with E-state index in [1.165, 1.54) is 0 Å². The number of hydrogen-bond acceptors (Lipinski definition) is 4. The van der Waals surface area contributed by atoms with Gasteiger partial charge in [0.25, 0.3) is 0 Å². The molecule has 4 nitrogen and oxygen atoms in total. The van der Waals surface area contributed by atoms with E-state index in [4.69, 9.17) is 4.74 Å². The van der Waals surface area contributed by atoms with Crippen molar-refractivity contribution < 1.29 is 17.7 Å². The summed E-state index contributed by atoms with van der Waals surface area (Å²) in [5, 5.41) is 2.13. The van der Waals surface area contributed by atoms with Crippen LogP contribution in [0, 0.1) is 0 Å². The molecule has 2 aromatic rings. The zero-order valence-corrected chi connectivity index (χ0v) is 11.2. The van der Waals surface area contributed by atoms with Gasteiger partial charge in [-0.2, -0.15) is 0 Å². The van der Waals surface area contributed by atoms with Gasteiger partial charge in [0.1, 0.15) is 5.75 Å². The Bertz CT molecular complexity index is 644. The molecule has 0 N–H and O–H groups in total. The predicted molar refractivity (Wildman–Crippen MR) is 73.2 cm³/mol. The minimum Gasteiger partial charge on any atom is -0.748 e. The minimum atomic E-state index is -4.11. The predicted octanol–water partition coefficient (Wildman–Crippen LogP) is 2.54. The van der Waals surface area contributed by atoms with E-state index in [0.717, 1.165) is 16.5 Å². The first-order valence-electron chi connectivity index (χ1n) is 6.10. The molecule has 0 saturated carbocycles. The van der Waals surface area contributed by atoms with E-state index < -0.39 is 10.1 Å². The van der Waals surface area contributed by atoms with E-state index in [1.54, 1.807) is 0 Å². The molecule has 0 amide bonds. The van der Waals surface area contributed by atoms with Crippen LogP contribution in [-0.2, 0) is 10.1 Å². The fraction of sp³-hybridized carbons (Fsp3) is 0.286. The first kappa shape index (κ1) is 13.8. The highest BCUT2D eigenvalue weighted by Crippen LogP contribution is 2.25. The van der Waals surface area contributed by atoms with Crippen molar-refractivity contribution in [3.63, 3.8) is 0 Å². The molecule has 0 unspecified atom stereocenters. The van der Waals surface area contributed by atoms with Crippen molar-refractivity contribution in [2.24, 2.45) is 0 Å². The molecular formula is C14H15O4S-. The molecule has 0 spiro atoms. The third-order valence-corrected chi connectivity index (χ3v) is 3.58. The Kier molecular flexibility index (Phi) is 4.39. The molecule has 2 rings (SSSR count). The monoisotopic (exact) mass is 279 g/mol. The highest BCUT2D eigenvalue weighted by Gasteiger charge is 2.01. The van der Waals surface area contributed by atoms with Crippen LogP contribution in [0.3, 0.4) is 0 Å². The van der Waals surface area contributed by atoms with Crippen LogP contribution in [-0.4, -0.2) is 25.3 Å². The maximum Gasteiger partial charge on any atom is 0.127 e. The van der Waals surface area contributed by atoms with Gasteiger partial charge in [-0.05, 0) is 24.3 Å². The SMILES string of the molecule is O=S(=O)([O-])CCCCOc1cccc2ccccc12. The molecule has 0 saturated heterocycles.